The van der Waals surface area contributed by atoms with Crippen molar-refractivity contribution < 1.29 is 4.74 Å². The quantitative estimate of drug-likeness (QED) is 0.791. The highest BCUT2D eigenvalue weighted by Crippen LogP contribution is 2.18. The Labute approximate surface area is 122 Å². The van der Waals surface area contributed by atoms with Crippen LogP contribution in [0, 0.1) is 5.92 Å². The van der Waals surface area contributed by atoms with Crippen molar-refractivity contribution in [2.24, 2.45) is 5.92 Å². The molecule has 1 aromatic heterocycles. The Morgan fingerprint density at radius 1 is 1.50 bits per heavy atom. The summed E-state index contributed by atoms with van der Waals surface area (Å²) < 4.78 is 7.81. The molecule has 2 atom stereocenters. The van der Waals surface area contributed by atoms with Crippen LogP contribution < -0.4 is 5.32 Å². The zero-order valence-electron chi connectivity index (χ0n) is 13.0. The summed E-state index contributed by atoms with van der Waals surface area (Å²) in [6.45, 7) is 9.41. The second-order valence-electron chi connectivity index (χ2n) is 6.08. The van der Waals surface area contributed by atoms with E-state index in [4.69, 9.17) is 4.74 Å². The van der Waals surface area contributed by atoms with Crippen molar-refractivity contribution in [2.45, 2.75) is 65.1 Å². The van der Waals surface area contributed by atoms with Gasteiger partial charge in [-0.3, -0.25) is 0 Å². The second-order valence-corrected chi connectivity index (χ2v) is 6.08. The molecular formula is C15H28N4O. The molecule has 5 nitrogen and oxygen atoms in total. The summed E-state index contributed by atoms with van der Waals surface area (Å²) in [5, 5.41) is 7.92. The summed E-state index contributed by atoms with van der Waals surface area (Å²) in [5.74, 6) is 1.67. The smallest absolute Gasteiger partial charge is 0.138 e. The van der Waals surface area contributed by atoms with Gasteiger partial charge in [0.15, 0.2) is 0 Å². The van der Waals surface area contributed by atoms with Crippen molar-refractivity contribution in [3.8, 4) is 0 Å². The Morgan fingerprint density at radius 3 is 3.00 bits per heavy atom. The van der Waals surface area contributed by atoms with Gasteiger partial charge in [-0.15, -0.1) is 0 Å². The number of aromatic nitrogens is 3. The van der Waals surface area contributed by atoms with Gasteiger partial charge in [-0.1, -0.05) is 20.8 Å². The molecule has 1 aliphatic rings. The molecule has 2 rings (SSSR count). The molecule has 0 radical (unpaired) electrons. The Kier molecular flexibility index (Phi) is 5.98. The van der Waals surface area contributed by atoms with E-state index in [2.05, 4.69) is 36.2 Å². The van der Waals surface area contributed by atoms with Crippen LogP contribution >= 0.6 is 0 Å². The van der Waals surface area contributed by atoms with E-state index >= 15 is 0 Å². The Bertz CT molecular complexity index is 385. The van der Waals surface area contributed by atoms with Gasteiger partial charge in [0, 0.05) is 25.6 Å². The van der Waals surface area contributed by atoms with Crippen LogP contribution in [0.2, 0.25) is 0 Å². The van der Waals surface area contributed by atoms with Crippen molar-refractivity contribution in [3.05, 3.63) is 12.2 Å². The van der Waals surface area contributed by atoms with Gasteiger partial charge >= 0.3 is 0 Å². The van der Waals surface area contributed by atoms with Crippen molar-refractivity contribution >= 4 is 0 Å². The molecule has 20 heavy (non-hydrogen) atoms. The molecular weight excluding hydrogens is 252 g/mol. The minimum absolute atomic E-state index is 0.417. The van der Waals surface area contributed by atoms with Crippen LogP contribution in [-0.4, -0.2) is 40.1 Å². The van der Waals surface area contributed by atoms with E-state index in [1.54, 1.807) is 6.33 Å². The van der Waals surface area contributed by atoms with E-state index in [9.17, 15) is 0 Å². The highest BCUT2D eigenvalue weighted by Gasteiger charge is 2.22. The average Bonchev–Trinajstić information content (AvgIpc) is 3.02. The molecule has 0 bridgehead atoms. The molecule has 0 saturated carbocycles. The fourth-order valence-electron chi connectivity index (χ4n) is 2.84. The third-order valence-corrected chi connectivity index (χ3v) is 3.73. The van der Waals surface area contributed by atoms with Crippen molar-refractivity contribution in [3.63, 3.8) is 0 Å². The molecule has 1 saturated heterocycles. The lowest BCUT2D eigenvalue weighted by Gasteiger charge is -2.21. The van der Waals surface area contributed by atoms with Crippen LogP contribution in [0.15, 0.2) is 6.33 Å². The van der Waals surface area contributed by atoms with E-state index in [1.165, 1.54) is 12.8 Å². The topological polar surface area (TPSA) is 52.0 Å². The van der Waals surface area contributed by atoms with Gasteiger partial charge < -0.3 is 10.1 Å². The Morgan fingerprint density at radius 2 is 2.35 bits per heavy atom. The lowest BCUT2D eigenvalue weighted by molar-refractivity contribution is 0.0944. The number of rotatable bonds is 8. The lowest BCUT2D eigenvalue weighted by atomic mass is 10.0. The van der Waals surface area contributed by atoms with Gasteiger partial charge in [-0.05, 0) is 31.7 Å². The van der Waals surface area contributed by atoms with E-state index in [0.717, 1.165) is 38.4 Å². The maximum atomic E-state index is 5.76. The summed E-state index contributed by atoms with van der Waals surface area (Å²) in [5.41, 5.74) is 0. The molecule has 0 aliphatic carbocycles. The van der Waals surface area contributed by atoms with Gasteiger partial charge in [0.1, 0.15) is 12.2 Å². The highest BCUT2D eigenvalue weighted by molar-refractivity contribution is 4.91. The summed E-state index contributed by atoms with van der Waals surface area (Å²) in [6.07, 6.45) is 6.49. The second kappa shape index (κ2) is 7.74. The maximum Gasteiger partial charge on any atom is 0.138 e. The van der Waals surface area contributed by atoms with Gasteiger partial charge in [0.05, 0.1) is 6.10 Å². The van der Waals surface area contributed by atoms with Crippen LogP contribution in [0.25, 0.3) is 0 Å². The van der Waals surface area contributed by atoms with Crippen molar-refractivity contribution in [2.75, 3.05) is 13.2 Å². The van der Waals surface area contributed by atoms with Crippen molar-refractivity contribution in [1.29, 1.82) is 0 Å². The summed E-state index contributed by atoms with van der Waals surface area (Å²) in [7, 11) is 0. The molecule has 1 aliphatic heterocycles. The van der Waals surface area contributed by atoms with E-state index in [0.29, 0.717) is 18.1 Å². The monoisotopic (exact) mass is 280 g/mol. The fraction of sp³-hybridized carbons (Fsp3) is 0.867. The number of nitrogens with zero attached hydrogens (tertiary/aromatic N) is 3. The first kappa shape index (κ1) is 15.4. The standard InChI is InChI=1S/C15H28N4O/c1-4-16-13(8-14-6-5-7-20-14)9-15-17-11-18-19(15)10-12(2)3/h11-14,16H,4-10H2,1-3H3. The number of hydrogen-bond acceptors (Lipinski definition) is 4. The predicted octanol–water partition coefficient (Wildman–Crippen LogP) is 2.02. The Balaban J connectivity index is 1.94. The van der Waals surface area contributed by atoms with Gasteiger partial charge in [-0.25, -0.2) is 9.67 Å². The number of ether oxygens (including phenoxy) is 1. The highest BCUT2D eigenvalue weighted by atomic mass is 16.5. The molecule has 2 heterocycles. The largest absolute Gasteiger partial charge is 0.378 e. The van der Waals surface area contributed by atoms with Crippen LogP contribution in [0.4, 0.5) is 0 Å². The summed E-state index contributed by atoms with van der Waals surface area (Å²) >= 11 is 0. The van der Waals surface area contributed by atoms with E-state index < -0.39 is 0 Å². The first-order chi connectivity index (χ1) is 9.69. The van der Waals surface area contributed by atoms with Crippen LogP contribution in [0.5, 0.6) is 0 Å². The molecule has 0 aromatic carbocycles. The predicted molar refractivity (Wildman–Crippen MR) is 79.6 cm³/mol. The van der Waals surface area contributed by atoms with E-state index in [-0.39, 0.29) is 0 Å². The minimum atomic E-state index is 0.417. The molecule has 0 amide bonds. The molecule has 1 fully saturated rings. The SMILES string of the molecule is CCNC(Cc1ncnn1CC(C)C)CC1CCCO1. The first-order valence-corrected chi connectivity index (χ1v) is 7.90. The lowest BCUT2D eigenvalue weighted by Crippen LogP contribution is -2.35. The average molecular weight is 280 g/mol. The zero-order valence-corrected chi connectivity index (χ0v) is 13.0. The third-order valence-electron chi connectivity index (χ3n) is 3.73. The van der Waals surface area contributed by atoms with Gasteiger partial charge in [0.2, 0.25) is 0 Å². The molecule has 2 unspecified atom stereocenters. The number of nitrogens with one attached hydrogen (secondary N) is 1. The molecule has 1 aromatic rings. The normalized spacial score (nSPS) is 20.7. The van der Waals surface area contributed by atoms with Crippen LogP contribution in [-0.2, 0) is 17.7 Å². The van der Waals surface area contributed by atoms with Gasteiger partial charge in [0.25, 0.3) is 0 Å². The van der Waals surface area contributed by atoms with E-state index in [1.807, 2.05) is 4.68 Å². The third kappa shape index (κ3) is 4.56. The summed E-state index contributed by atoms with van der Waals surface area (Å²) in [4.78, 5) is 4.44. The fourth-order valence-corrected chi connectivity index (χ4v) is 2.84. The molecule has 0 spiro atoms. The minimum Gasteiger partial charge on any atom is -0.378 e. The van der Waals surface area contributed by atoms with Crippen molar-refractivity contribution in [1.82, 2.24) is 20.1 Å². The first-order valence-electron chi connectivity index (χ1n) is 7.90. The molecule has 5 heteroatoms. The number of hydrogen-bond donors (Lipinski definition) is 1. The maximum absolute atomic E-state index is 5.76. The number of likely N-dealkylation sites (N-methyl/N-ethyl adjacent to an activating group) is 1. The van der Waals surface area contributed by atoms with Crippen LogP contribution in [0.1, 0.15) is 45.9 Å². The van der Waals surface area contributed by atoms with Gasteiger partial charge in [-0.2, -0.15) is 5.10 Å². The summed E-state index contributed by atoms with van der Waals surface area (Å²) in [6, 6.07) is 0.429. The Hall–Kier alpha value is -0.940. The molecule has 1 N–H and O–H groups in total. The zero-order chi connectivity index (χ0) is 14.4. The molecule has 114 valence electrons. The van der Waals surface area contributed by atoms with Crippen LogP contribution in [0.3, 0.4) is 0 Å².